The van der Waals surface area contributed by atoms with Gasteiger partial charge in [-0.3, -0.25) is 9.59 Å². The molecule has 1 aromatic heterocycles. The lowest BCUT2D eigenvalue weighted by Gasteiger charge is -2.14. The fourth-order valence-electron chi connectivity index (χ4n) is 3.70. The van der Waals surface area contributed by atoms with Crippen LogP contribution in [-0.4, -0.2) is 21.6 Å². The van der Waals surface area contributed by atoms with Gasteiger partial charge in [-0.2, -0.15) is 18.3 Å². The monoisotopic (exact) mass is 433 g/mol. The molecule has 1 aliphatic heterocycles. The average Bonchev–Trinajstić information content (AvgIpc) is 3.35. The first-order valence-electron chi connectivity index (χ1n) is 9.65. The van der Waals surface area contributed by atoms with E-state index in [1.807, 2.05) is 0 Å². The van der Waals surface area contributed by atoms with Gasteiger partial charge >= 0.3 is 6.18 Å². The molecule has 0 unspecified atom stereocenters. The van der Waals surface area contributed by atoms with Gasteiger partial charge in [0.2, 0.25) is 0 Å². The number of benzene rings is 3. The third-order valence-electron chi connectivity index (χ3n) is 5.22. The number of alkyl halides is 3. The molecule has 5 nitrogen and oxygen atoms in total. The van der Waals surface area contributed by atoms with Crippen molar-refractivity contribution in [3.05, 3.63) is 102 Å². The number of aromatic nitrogens is 2. The molecular formula is C24H14F3N3O2. The van der Waals surface area contributed by atoms with Crippen LogP contribution in [0.4, 0.5) is 18.9 Å². The van der Waals surface area contributed by atoms with Crippen molar-refractivity contribution in [2.24, 2.45) is 0 Å². The number of fused-ring (bicyclic) bond motifs is 1. The van der Waals surface area contributed by atoms with Crippen molar-refractivity contribution in [2.75, 3.05) is 4.90 Å². The first-order valence-corrected chi connectivity index (χ1v) is 9.65. The molecule has 1 aliphatic rings. The number of carbonyl (C=O) groups is 2. The molecule has 0 N–H and O–H groups in total. The third-order valence-corrected chi connectivity index (χ3v) is 5.22. The van der Waals surface area contributed by atoms with Gasteiger partial charge in [-0.1, -0.05) is 42.5 Å². The summed E-state index contributed by atoms with van der Waals surface area (Å²) in [6.07, 6.45) is -4.60. The quantitative estimate of drug-likeness (QED) is 0.409. The lowest BCUT2D eigenvalue weighted by atomic mass is 10.1. The van der Waals surface area contributed by atoms with E-state index in [1.54, 1.807) is 66.7 Å². The van der Waals surface area contributed by atoms with Crippen molar-refractivity contribution in [3.8, 4) is 16.9 Å². The minimum atomic E-state index is -4.60. The van der Waals surface area contributed by atoms with E-state index >= 15 is 0 Å². The molecule has 0 saturated heterocycles. The topological polar surface area (TPSA) is 55.2 Å². The molecule has 2 amide bonds. The molecule has 2 heterocycles. The first kappa shape index (κ1) is 19.7. The second-order valence-corrected chi connectivity index (χ2v) is 7.20. The van der Waals surface area contributed by atoms with Crippen LogP contribution in [0.15, 0.2) is 84.9 Å². The van der Waals surface area contributed by atoms with Crippen LogP contribution in [0, 0.1) is 0 Å². The second-order valence-electron chi connectivity index (χ2n) is 7.20. The third kappa shape index (κ3) is 3.17. The Morgan fingerprint density at radius 2 is 1.25 bits per heavy atom. The highest BCUT2D eigenvalue weighted by Gasteiger charge is 2.37. The predicted molar refractivity (Wildman–Crippen MR) is 112 cm³/mol. The number of amides is 2. The van der Waals surface area contributed by atoms with Crippen LogP contribution in [0.5, 0.6) is 0 Å². The van der Waals surface area contributed by atoms with E-state index in [-0.39, 0.29) is 5.69 Å². The minimum Gasteiger partial charge on any atom is -0.268 e. The Hall–Kier alpha value is -4.20. The molecule has 158 valence electrons. The zero-order chi connectivity index (χ0) is 22.5. The smallest absolute Gasteiger partial charge is 0.268 e. The molecule has 0 fully saturated rings. The molecule has 0 radical (unpaired) electrons. The van der Waals surface area contributed by atoms with Gasteiger partial charge in [-0.05, 0) is 42.5 Å². The van der Waals surface area contributed by atoms with Crippen LogP contribution in [0.2, 0.25) is 0 Å². The summed E-state index contributed by atoms with van der Waals surface area (Å²) in [6.45, 7) is 0. The van der Waals surface area contributed by atoms with E-state index in [1.165, 1.54) is 16.8 Å². The maximum Gasteiger partial charge on any atom is 0.435 e. The summed E-state index contributed by atoms with van der Waals surface area (Å²) in [4.78, 5) is 26.4. The predicted octanol–water partition coefficient (Wildman–Crippen LogP) is 5.36. The highest BCUT2D eigenvalue weighted by molar-refractivity contribution is 6.34. The number of rotatable bonds is 3. The highest BCUT2D eigenvalue weighted by Crippen LogP contribution is 2.35. The van der Waals surface area contributed by atoms with Crippen LogP contribution in [0.1, 0.15) is 26.4 Å². The van der Waals surface area contributed by atoms with Crippen molar-refractivity contribution in [1.29, 1.82) is 0 Å². The van der Waals surface area contributed by atoms with Gasteiger partial charge in [0.25, 0.3) is 11.8 Å². The van der Waals surface area contributed by atoms with Crippen LogP contribution in [-0.2, 0) is 6.18 Å². The van der Waals surface area contributed by atoms with Gasteiger partial charge in [-0.15, -0.1) is 0 Å². The van der Waals surface area contributed by atoms with Crippen molar-refractivity contribution in [3.63, 3.8) is 0 Å². The normalized spacial score (nSPS) is 13.5. The maximum absolute atomic E-state index is 13.3. The molecule has 32 heavy (non-hydrogen) atoms. The van der Waals surface area contributed by atoms with Gasteiger partial charge in [0.15, 0.2) is 5.69 Å². The number of nitrogens with zero attached hydrogens (tertiary/aromatic N) is 3. The largest absolute Gasteiger partial charge is 0.435 e. The first-order chi connectivity index (χ1) is 15.3. The SMILES string of the molecule is O=C1c2ccccc2C(=O)N1c1ccc(-c2cc(C(F)(F)F)nn2-c2ccccc2)cc1. The van der Waals surface area contributed by atoms with E-state index in [0.29, 0.717) is 28.1 Å². The number of hydrogen-bond acceptors (Lipinski definition) is 3. The Morgan fingerprint density at radius 3 is 1.81 bits per heavy atom. The van der Waals surface area contributed by atoms with Gasteiger partial charge in [0.05, 0.1) is 28.2 Å². The summed E-state index contributed by atoms with van der Waals surface area (Å²) < 4.78 is 41.2. The lowest BCUT2D eigenvalue weighted by molar-refractivity contribution is -0.141. The summed E-state index contributed by atoms with van der Waals surface area (Å²) in [5.74, 6) is -0.876. The van der Waals surface area contributed by atoms with E-state index < -0.39 is 23.7 Å². The van der Waals surface area contributed by atoms with Gasteiger partial charge < -0.3 is 0 Å². The van der Waals surface area contributed by atoms with E-state index in [0.717, 1.165) is 11.0 Å². The molecule has 3 aromatic carbocycles. The van der Waals surface area contributed by atoms with Crippen LogP contribution >= 0.6 is 0 Å². The fourth-order valence-corrected chi connectivity index (χ4v) is 3.70. The summed E-state index contributed by atoms with van der Waals surface area (Å²) in [5.41, 5.74) is 1.12. The number of anilines is 1. The van der Waals surface area contributed by atoms with Gasteiger partial charge in [0.1, 0.15) is 0 Å². The lowest BCUT2D eigenvalue weighted by Crippen LogP contribution is -2.29. The van der Waals surface area contributed by atoms with Crippen molar-refractivity contribution in [2.45, 2.75) is 6.18 Å². The molecule has 0 atom stereocenters. The van der Waals surface area contributed by atoms with Crippen molar-refractivity contribution >= 4 is 17.5 Å². The summed E-state index contributed by atoms with van der Waals surface area (Å²) in [6, 6.07) is 22.2. The van der Waals surface area contributed by atoms with E-state index in [2.05, 4.69) is 5.10 Å². The molecule has 0 spiro atoms. The van der Waals surface area contributed by atoms with Gasteiger partial charge in [-0.25, -0.2) is 9.58 Å². The summed E-state index contributed by atoms with van der Waals surface area (Å²) >= 11 is 0. The van der Waals surface area contributed by atoms with Crippen LogP contribution in [0.25, 0.3) is 16.9 Å². The summed E-state index contributed by atoms with van der Waals surface area (Å²) in [7, 11) is 0. The Kier molecular flexibility index (Phi) is 4.44. The molecular weight excluding hydrogens is 419 g/mol. The number of halogens is 3. The molecule has 4 aromatic rings. The van der Waals surface area contributed by atoms with Crippen molar-refractivity contribution in [1.82, 2.24) is 9.78 Å². The number of imide groups is 1. The minimum absolute atomic E-state index is 0.234. The second kappa shape index (κ2) is 7.19. The Labute approximate surface area is 180 Å². The van der Waals surface area contributed by atoms with E-state index in [4.69, 9.17) is 0 Å². The zero-order valence-corrected chi connectivity index (χ0v) is 16.4. The number of para-hydroxylation sites is 1. The Bertz CT molecular complexity index is 1310. The number of hydrogen-bond donors (Lipinski definition) is 0. The zero-order valence-electron chi connectivity index (χ0n) is 16.4. The van der Waals surface area contributed by atoms with Gasteiger partial charge in [0, 0.05) is 5.56 Å². The molecule has 0 saturated carbocycles. The number of carbonyl (C=O) groups excluding carboxylic acids is 2. The van der Waals surface area contributed by atoms with Crippen molar-refractivity contribution < 1.29 is 22.8 Å². The highest BCUT2D eigenvalue weighted by atomic mass is 19.4. The fraction of sp³-hybridized carbons (Fsp3) is 0.0417. The molecule has 8 heteroatoms. The Balaban J connectivity index is 1.55. The Morgan fingerprint density at radius 1 is 0.688 bits per heavy atom. The standard InChI is InChI=1S/C24H14F3N3O2/c25-24(26,27)21-14-20(30(28-21)17-6-2-1-3-7-17)15-10-12-16(13-11-15)29-22(31)18-8-4-5-9-19(18)23(29)32/h1-14H. The van der Waals surface area contributed by atoms with Crippen LogP contribution in [0.3, 0.4) is 0 Å². The molecule has 5 rings (SSSR count). The van der Waals surface area contributed by atoms with Crippen LogP contribution < -0.4 is 4.90 Å². The maximum atomic E-state index is 13.3. The summed E-state index contributed by atoms with van der Waals surface area (Å²) in [5, 5.41) is 3.75. The molecule has 0 aliphatic carbocycles. The van der Waals surface area contributed by atoms with E-state index in [9.17, 15) is 22.8 Å². The molecule has 0 bridgehead atoms. The average molecular weight is 433 g/mol.